The molecule has 2 heterocycles. The third-order valence-electron chi connectivity index (χ3n) is 4.16. The van der Waals surface area contributed by atoms with E-state index in [1.807, 2.05) is 13.8 Å². The number of carbonyl (C=O) groups is 2. The van der Waals surface area contributed by atoms with Crippen molar-refractivity contribution in [1.82, 2.24) is 20.2 Å². The van der Waals surface area contributed by atoms with E-state index in [0.29, 0.717) is 19.0 Å². The molecule has 0 spiro atoms. The number of aromatic amines is 1. The molecule has 0 unspecified atom stereocenters. The highest BCUT2D eigenvalue weighted by molar-refractivity contribution is 9.10. The smallest absolute Gasteiger partial charge is 0.405 e. The van der Waals surface area contributed by atoms with E-state index >= 15 is 0 Å². The summed E-state index contributed by atoms with van der Waals surface area (Å²) in [6.45, 7) is 4.69. The molecule has 0 saturated carbocycles. The highest BCUT2D eigenvalue weighted by atomic mass is 79.9. The SMILES string of the molecule is COC[C@H]1C[C@@H](c2ncc(Br)[nH]2)N(C(=O)[C@@H](NC(=O)O)C(C)C)C1. The molecule has 1 saturated heterocycles. The van der Waals surface area contributed by atoms with E-state index in [-0.39, 0.29) is 23.8 Å². The predicted molar refractivity (Wildman–Crippen MR) is 90.5 cm³/mol. The molecule has 0 aliphatic carbocycles. The van der Waals surface area contributed by atoms with Gasteiger partial charge in [0, 0.05) is 19.6 Å². The van der Waals surface area contributed by atoms with Gasteiger partial charge in [0.1, 0.15) is 16.5 Å². The van der Waals surface area contributed by atoms with Crippen LogP contribution in [0, 0.1) is 11.8 Å². The second-order valence-corrected chi connectivity index (χ2v) is 7.21. The molecule has 1 aliphatic heterocycles. The molecule has 8 nitrogen and oxygen atoms in total. The second kappa shape index (κ2) is 7.98. The van der Waals surface area contributed by atoms with Crippen LogP contribution in [0.3, 0.4) is 0 Å². The summed E-state index contributed by atoms with van der Waals surface area (Å²) >= 11 is 3.33. The van der Waals surface area contributed by atoms with Crippen molar-refractivity contribution in [2.75, 3.05) is 20.3 Å². The number of amides is 2. The van der Waals surface area contributed by atoms with Gasteiger partial charge in [-0.05, 0) is 28.3 Å². The zero-order valence-corrected chi connectivity index (χ0v) is 15.5. The maximum Gasteiger partial charge on any atom is 0.405 e. The predicted octanol–water partition coefficient (Wildman–Crippen LogP) is 2.00. The molecular weight excluding hydrogens is 380 g/mol. The monoisotopic (exact) mass is 402 g/mol. The van der Waals surface area contributed by atoms with Crippen molar-refractivity contribution in [3.05, 3.63) is 16.6 Å². The van der Waals surface area contributed by atoms with Crippen LogP contribution in [0.5, 0.6) is 0 Å². The van der Waals surface area contributed by atoms with Crippen LogP contribution in [0.2, 0.25) is 0 Å². The number of H-pyrrole nitrogens is 1. The topological polar surface area (TPSA) is 108 Å². The van der Waals surface area contributed by atoms with Crippen molar-refractivity contribution in [2.24, 2.45) is 11.8 Å². The van der Waals surface area contributed by atoms with Gasteiger partial charge < -0.3 is 25.0 Å². The van der Waals surface area contributed by atoms with Crippen molar-refractivity contribution < 1.29 is 19.4 Å². The number of imidazole rings is 1. The molecule has 1 aliphatic rings. The van der Waals surface area contributed by atoms with E-state index in [4.69, 9.17) is 9.84 Å². The Morgan fingerprint density at radius 3 is 2.79 bits per heavy atom. The Bertz CT molecular complexity index is 592. The number of carbonyl (C=O) groups excluding carboxylic acids is 1. The molecule has 3 atom stereocenters. The van der Waals surface area contributed by atoms with Crippen LogP contribution in [0.4, 0.5) is 4.79 Å². The Hall–Kier alpha value is -1.61. The molecule has 1 fully saturated rings. The second-order valence-electron chi connectivity index (χ2n) is 6.35. The number of methoxy groups -OCH3 is 1. The number of likely N-dealkylation sites (tertiary alicyclic amines) is 1. The lowest BCUT2D eigenvalue weighted by molar-refractivity contribution is -0.135. The van der Waals surface area contributed by atoms with E-state index < -0.39 is 12.1 Å². The Labute approximate surface area is 149 Å². The lowest BCUT2D eigenvalue weighted by Gasteiger charge is -2.29. The van der Waals surface area contributed by atoms with E-state index in [0.717, 1.165) is 11.0 Å². The van der Waals surface area contributed by atoms with Crippen molar-refractivity contribution in [2.45, 2.75) is 32.4 Å². The van der Waals surface area contributed by atoms with Crippen molar-refractivity contribution in [1.29, 1.82) is 0 Å². The van der Waals surface area contributed by atoms with Crippen LogP contribution in [0.15, 0.2) is 10.8 Å². The third-order valence-corrected chi connectivity index (χ3v) is 4.57. The van der Waals surface area contributed by atoms with Gasteiger partial charge in [0.2, 0.25) is 5.91 Å². The van der Waals surface area contributed by atoms with E-state index in [1.54, 1.807) is 18.2 Å². The number of hydrogen-bond acceptors (Lipinski definition) is 4. The highest BCUT2D eigenvalue weighted by Crippen LogP contribution is 2.35. The number of rotatable bonds is 6. The number of aromatic nitrogens is 2. The number of halogens is 1. The molecule has 0 bridgehead atoms. The van der Waals surface area contributed by atoms with Crippen LogP contribution >= 0.6 is 15.9 Å². The summed E-state index contributed by atoms with van der Waals surface area (Å²) in [6.07, 6.45) is 1.17. The lowest BCUT2D eigenvalue weighted by Crippen LogP contribution is -2.51. The van der Waals surface area contributed by atoms with Gasteiger partial charge in [0.15, 0.2) is 0 Å². The van der Waals surface area contributed by atoms with Gasteiger partial charge in [-0.15, -0.1) is 0 Å². The maximum absolute atomic E-state index is 13.0. The first-order valence-electron chi connectivity index (χ1n) is 7.82. The first-order valence-corrected chi connectivity index (χ1v) is 8.62. The average Bonchev–Trinajstić information content (AvgIpc) is 3.10. The van der Waals surface area contributed by atoms with Gasteiger partial charge >= 0.3 is 6.09 Å². The first kappa shape index (κ1) is 18.7. The van der Waals surface area contributed by atoms with Crippen molar-refractivity contribution >= 4 is 27.9 Å². The van der Waals surface area contributed by atoms with E-state index in [2.05, 4.69) is 31.2 Å². The van der Waals surface area contributed by atoms with Crippen LogP contribution in [-0.2, 0) is 9.53 Å². The number of nitrogens with zero attached hydrogens (tertiary/aromatic N) is 2. The van der Waals surface area contributed by atoms with E-state index in [1.165, 1.54) is 0 Å². The minimum Gasteiger partial charge on any atom is -0.465 e. The third kappa shape index (κ3) is 4.27. The summed E-state index contributed by atoms with van der Waals surface area (Å²) in [4.78, 5) is 33.1. The zero-order chi connectivity index (χ0) is 17.9. The highest BCUT2D eigenvalue weighted by Gasteiger charge is 2.41. The lowest BCUT2D eigenvalue weighted by atomic mass is 10.0. The van der Waals surface area contributed by atoms with Crippen LogP contribution in [0.1, 0.15) is 32.1 Å². The van der Waals surface area contributed by atoms with Crippen LogP contribution in [0.25, 0.3) is 0 Å². The minimum absolute atomic E-state index is 0.154. The summed E-state index contributed by atoms with van der Waals surface area (Å²) < 4.78 is 5.97. The zero-order valence-electron chi connectivity index (χ0n) is 14.0. The fraction of sp³-hybridized carbons (Fsp3) is 0.667. The van der Waals surface area contributed by atoms with Crippen molar-refractivity contribution in [3.8, 4) is 0 Å². The molecule has 134 valence electrons. The van der Waals surface area contributed by atoms with Crippen LogP contribution < -0.4 is 5.32 Å². The normalized spacial score (nSPS) is 22.0. The van der Waals surface area contributed by atoms with Gasteiger partial charge in [-0.1, -0.05) is 13.8 Å². The molecule has 1 aromatic rings. The van der Waals surface area contributed by atoms with Crippen LogP contribution in [-0.4, -0.2) is 58.3 Å². The summed E-state index contributed by atoms with van der Waals surface area (Å²) in [5.41, 5.74) is 0. The molecule has 2 rings (SSSR count). The molecule has 0 radical (unpaired) electrons. The quantitative estimate of drug-likeness (QED) is 0.674. The number of ether oxygens (including phenoxy) is 1. The summed E-state index contributed by atoms with van der Waals surface area (Å²) in [5.74, 6) is 0.486. The summed E-state index contributed by atoms with van der Waals surface area (Å²) in [6, 6.07) is -1.01. The molecule has 2 amide bonds. The largest absolute Gasteiger partial charge is 0.465 e. The van der Waals surface area contributed by atoms with Gasteiger partial charge in [0.25, 0.3) is 0 Å². The molecule has 1 aromatic heterocycles. The maximum atomic E-state index is 13.0. The fourth-order valence-corrected chi connectivity index (χ4v) is 3.40. The molecule has 3 N–H and O–H groups in total. The summed E-state index contributed by atoms with van der Waals surface area (Å²) in [5, 5.41) is 11.4. The number of nitrogens with one attached hydrogen (secondary N) is 2. The molecule has 0 aromatic carbocycles. The Morgan fingerprint density at radius 1 is 1.58 bits per heavy atom. The number of carboxylic acid groups (broad SMARTS) is 1. The van der Waals surface area contributed by atoms with Gasteiger partial charge in [-0.3, -0.25) is 4.79 Å². The minimum atomic E-state index is -1.20. The fourth-order valence-electron chi connectivity index (χ4n) is 3.09. The van der Waals surface area contributed by atoms with Gasteiger partial charge in [-0.25, -0.2) is 9.78 Å². The number of hydrogen-bond donors (Lipinski definition) is 3. The molecule has 9 heteroatoms. The summed E-state index contributed by atoms with van der Waals surface area (Å²) in [7, 11) is 1.63. The molecule has 24 heavy (non-hydrogen) atoms. The van der Waals surface area contributed by atoms with E-state index in [9.17, 15) is 9.59 Å². The van der Waals surface area contributed by atoms with Crippen molar-refractivity contribution in [3.63, 3.8) is 0 Å². The first-order chi connectivity index (χ1) is 11.3. The Balaban J connectivity index is 2.25. The standard InChI is InChI=1S/C15H23BrN4O4/c1-8(2)12(19-15(22)23)14(21)20-6-9(7-24-3)4-10(20)13-17-5-11(16)18-13/h5,8-10,12,19H,4,6-7H2,1-3H3,(H,17,18)(H,22,23)/t9-,10-,12-/m0/s1. The Morgan fingerprint density at radius 2 is 2.29 bits per heavy atom. The van der Waals surface area contributed by atoms with Gasteiger partial charge in [0.05, 0.1) is 18.8 Å². The average molecular weight is 403 g/mol. The molecular formula is C15H23BrN4O4. The Kier molecular flexibility index (Phi) is 6.22. The van der Waals surface area contributed by atoms with Gasteiger partial charge in [-0.2, -0.15) is 0 Å².